The molecule has 1 N–H and O–H groups in total. The zero-order valence-corrected chi connectivity index (χ0v) is 19.7. The number of hydrogen-bond acceptors (Lipinski definition) is 3. The molecule has 1 atom stereocenters. The molecule has 0 aromatic rings. The van der Waals surface area contributed by atoms with Crippen molar-refractivity contribution in [1.29, 1.82) is 0 Å². The van der Waals surface area contributed by atoms with Crippen molar-refractivity contribution in [3.05, 3.63) is 34.9 Å². The van der Waals surface area contributed by atoms with Gasteiger partial charge in [-0.1, -0.05) is 41.9 Å². The predicted octanol–water partition coefficient (Wildman–Crippen LogP) is 6.40. The molecule has 0 aliphatic heterocycles. The number of Topliss-reactive ketones (excluding diaryl/α,β-unsaturated/α-hetero) is 1. The van der Waals surface area contributed by atoms with Crippen molar-refractivity contribution >= 4 is 23.5 Å². The molecule has 0 saturated carbocycles. The van der Waals surface area contributed by atoms with E-state index < -0.39 is 0 Å². The average Bonchev–Trinajstić information content (AvgIpc) is 2.62. The van der Waals surface area contributed by atoms with Gasteiger partial charge in [0.15, 0.2) is 0 Å². The Morgan fingerprint density at radius 2 is 1.50 bits per heavy atom. The first-order valence-corrected chi connectivity index (χ1v) is 11.7. The van der Waals surface area contributed by atoms with Crippen LogP contribution in [0, 0.1) is 0 Å². The molecule has 4 heteroatoms. The van der Waals surface area contributed by atoms with Gasteiger partial charge in [-0.05, 0) is 60.3 Å². The molecule has 0 aromatic heterocycles. The number of nitrogens with one attached hydrogen (secondary N) is 1. The molecule has 0 rings (SSSR count). The van der Waals surface area contributed by atoms with Crippen molar-refractivity contribution in [3.8, 4) is 0 Å². The van der Waals surface area contributed by atoms with E-state index in [1.807, 2.05) is 25.6 Å². The second-order valence-electron chi connectivity index (χ2n) is 7.86. The van der Waals surface area contributed by atoms with E-state index in [4.69, 9.17) is 0 Å². The monoisotopic (exact) mass is 407 g/mol. The average molecular weight is 408 g/mol. The molecule has 1 amide bonds. The number of thioether (sulfide) groups is 1. The van der Waals surface area contributed by atoms with E-state index in [0.29, 0.717) is 19.3 Å². The van der Waals surface area contributed by atoms with E-state index in [1.54, 1.807) is 0 Å². The summed E-state index contributed by atoms with van der Waals surface area (Å²) in [6.07, 6.45) is 12.6. The summed E-state index contributed by atoms with van der Waals surface area (Å²) in [5.74, 6) is 1.99. The molecular weight excluding hydrogens is 366 g/mol. The first kappa shape index (κ1) is 26.7. The lowest BCUT2D eigenvalue weighted by Gasteiger charge is -2.13. The van der Waals surface area contributed by atoms with Gasteiger partial charge in [0.25, 0.3) is 0 Å². The number of amides is 1. The van der Waals surface area contributed by atoms with Gasteiger partial charge in [0.1, 0.15) is 5.78 Å². The minimum atomic E-state index is -0.0200. The molecular formula is C24H41NO2S. The van der Waals surface area contributed by atoms with Crippen LogP contribution in [0.1, 0.15) is 86.5 Å². The molecule has 1 unspecified atom stereocenters. The first-order valence-electron chi connectivity index (χ1n) is 10.6. The topological polar surface area (TPSA) is 46.2 Å². The number of ketones is 1. The molecule has 0 spiro atoms. The maximum atomic E-state index is 11.8. The molecule has 0 radical (unpaired) electrons. The minimum Gasteiger partial charge on any atom is -0.353 e. The molecule has 0 saturated heterocycles. The summed E-state index contributed by atoms with van der Waals surface area (Å²) in [6.45, 7) is 12.6. The number of allylic oxidation sites excluding steroid dienone is 5. The zero-order chi connectivity index (χ0) is 21.4. The maximum Gasteiger partial charge on any atom is 0.220 e. The summed E-state index contributed by atoms with van der Waals surface area (Å²) in [6, 6.07) is 0.134. The van der Waals surface area contributed by atoms with Crippen molar-refractivity contribution in [1.82, 2.24) is 5.32 Å². The van der Waals surface area contributed by atoms with Gasteiger partial charge >= 0.3 is 0 Å². The molecule has 0 bridgehead atoms. The van der Waals surface area contributed by atoms with Gasteiger partial charge in [-0.15, -0.1) is 0 Å². The highest BCUT2D eigenvalue weighted by molar-refractivity contribution is 7.99. The summed E-state index contributed by atoms with van der Waals surface area (Å²) in [5.41, 5.74) is 4.30. The van der Waals surface area contributed by atoms with Crippen molar-refractivity contribution < 1.29 is 9.59 Å². The summed E-state index contributed by atoms with van der Waals surface area (Å²) < 4.78 is 0. The highest BCUT2D eigenvalue weighted by Gasteiger charge is 2.09. The molecule has 3 nitrogen and oxygen atoms in total. The van der Waals surface area contributed by atoms with Gasteiger partial charge < -0.3 is 5.32 Å². The Hall–Kier alpha value is -1.29. The van der Waals surface area contributed by atoms with E-state index >= 15 is 0 Å². The molecule has 0 aliphatic carbocycles. The van der Waals surface area contributed by atoms with E-state index in [9.17, 15) is 9.59 Å². The van der Waals surface area contributed by atoms with Crippen LogP contribution in [-0.2, 0) is 9.59 Å². The number of rotatable bonds is 15. The van der Waals surface area contributed by atoms with Crippen LogP contribution >= 0.6 is 11.8 Å². The smallest absolute Gasteiger partial charge is 0.220 e. The molecule has 0 aliphatic rings. The van der Waals surface area contributed by atoms with Crippen molar-refractivity contribution in [2.75, 3.05) is 11.5 Å². The Bertz CT molecular complexity index is 557. The largest absolute Gasteiger partial charge is 0.353 e. The number of hydrogen-bond donors (Lipinski definition) is 1. The lowest BCUT2D eigenvalue weighted by molar-refractivity contribution is -0.125. The van der Waals surface area contributed by atoms with Crippen LogP contribution in [0.15, 0.2) is 34.9 Å². The molecule has 0 aromatic carbocycles. The van der Waals surface area contributed by atoms with Gasteiger partial charge in [0.2, 0.25) is 5.91 Å². The van der Waals surface area contributed by atoms with E-state index in [1.165, 1.54) is 16.7 Å². The molecule has 160 valence electrons. The van der Waals surface area contributed by atoms with E-state index in [2.05, 4.69) is 51.2 Å². The quantitative estimate of drug-likeness (QED) is 0.252. The van der Waals surface area contributed by atoms with Crippen LogP contribution < -0.4 is 5.32 Å². The fraction of sp³-hybridized carbons (Fsp3) is 0.667. The molecule has 0 heterocycles. The van der Waals surface area contributed by atoms with Crippen molar-refractivity contribution in [2.45, 2.75) is 92.5 Å². The third-order valence-corrected chi connectivity index (χ3v) is 5.61. The van der Waals surface area contributed by atoms with Crippen LogP contribution in [0.25, 0.3) is 0 Å². The standard InChI is InChI=1S/C24H41NO2S/c1-7-23(26)14-15-24(27)25-22(6)18-28-17-16-21(5)13-9-12-20(4)11-8-10-19(2)3/h10,12,16,22H,7-9,11,13-15,17-18H2,1-6H3,(H,25,27)/b20-12+,21-16+. The third-order valence-electron chi connectivity index (χ3n) is 4.47. The van der Waals surface area contributed by atoms with Gasteiger partial charge in [-0.3, -0.25) is 9.59 Å². The lowest BCUT2D eigenvalue weighted by atomic mass is 10.1. The Morgan fingerprint density at radius 1 is 0.893 bits per heavy atom. The lowest BCUT2D eigenvalue weighted by Crippen LogP contribution is -2.34. The van der Waals surface area contributed by atoms with Gasteiger partial charge in [0, 0.05) is 36.8 Å². The van der Waals surface area contributed by atoms with Crippen molar-refractivity contribution in [2.24, 2.45) is 0 Å². The first-order chi connectivity index (χ1) is 13.2. The maximum absolute atomic E-state index is 11.8. The van der Waals surface area contributed by atoms with E-state index in [-0.39, 0.29) is 17.7 Å². The number of carbonyl (C=O) groups excluding carboxylic acids is 2. The van der Waals surface area contributed by atoms with Crippen LogP contribution in [0.2, 0.25) is 0 Å². The summed E-state index contributed by atoms with van der Waals surface area (Å²) in [5, 5.41) is 2.97. The van der Waals surface area contributed by atoms with Gasteiger partial charge in [-0.25, -0.2) is 0 Å². The summed E-state index contributed by atoms with van der Waals surface area (Å²) >= 11 is 1.83. The summed E-state index contributed by atoms with van der Waals surface area (Å²) in [4.78, 5) is 23.1. The second kappa shape index (κ2) is 16.6. The zero-order valence-electron chi connectivity index (χ0n) is 18.9. The van der Waals surface area contributed by atoms with Crippen LogP contribution in [0.4, 0.5) is 0 Å². The fourth-order valence-corrected chi connectivity index (χ4v) is 3.58. The SMILES string of the molecule is CCC(=O)CCC(=O)NC(C)CSC/C=C(\C)CC/C=C(\C)CCC=C(C)C. The summed E-state index contributed by atoms with van der Waals surface area (Å²) in [7, 11) is 0. The molecule has 28 heavy (non-hydrogen) atoms. The predicted molar refractivity (Wildman–Crippen MR) is 125 cm³/mol. The van der Waals surface area contributed by atoms with Crippen LogP contribution in [0.3, 0.4) is 0 Å². The Morgan fingerprint density at radius 3 is 2.11 bits per heavy atom. The van der Waals surface area contributed by atoms with Gasteiger partial charge in [0.05, 0.1) is 0 Å². The highest BCUT2D eigenvalue weighted by atomic mass is 32.2. The normalized spacial score (nSPS) is 13.2. The Balaban J connectivity index is 3.92. The van der Waals surface area contributed by atoms with Gasteiger partial charge in [-0.2, -0.15) is 11.8 Å². The number of carbonyl (C=O) groups is 2. The van der Waals surface area contributed by atoms with Crippen LogP contribution in [0.5, 0.6) is 0 Å². The minimum absolute atomic E-state index is 0.0200. The second-order valence-corrected chi connectivity index (χ2v) is 8.93. The highest BCUT2D eigenvalue weighted by Crippen LogP contribution is 2.13. The third kappa shape index (κ3) is 16.9. The van der Waals surface area contributed by atoms with Crippen molar-refractivity contribution in [3.63, 3.8) is 0 Å². The van der Waals surface area contributed by atoms with Crippen LogP contribution in [-0.4, -0.2) is 29.2 Å². The van der Waals surface area contributed by atoms with E-state index in [0.717, 1.165) is 37.2 Å². The Kier molecular flexibility index (Phi) is 15.9. The fourth-order valence-electron chi connectivity index (χ4n) is 2.60. The Labute approximate surface area is 177 Å². The molecule has 0 fully saturated rings.